The number of esters is 2. The fourth-order valence-electron chi connectivity index (χ4n) is 1.78. The molecule has 0 spiro atoms. The molecule has 0 radical (unpaired) electrons. The first-order chi connectivity index (χ1) is 10.5. The van der Waals surface area contributed by atoms with Gasteiger partial charge in [-0.1, -0.05) is 13.8 Å². The lowest BCUT2D eigenvalue weighted by molar-refractivity contribution is 0.0386. The van der Waals surface area contributed by atoms with Gasteiger partial charge in [-0.05, 0) is 43.0 Å². The van der Waals surface area contributed by atoms with Crippen molar-refractivity contribution in [3.8, 4) is 0 Å². The Hall–Kier alpha value is -1.88. The third-order valence-corrected chi connectivity index (χ3v) is 3.04. The second-order valence-electron chi connectivity index (χ2n) is 5.38. The van der Waals surface area contributed by atoms with Crippen LogP contribution in [0.15, 0.2) is 24.3 Å². The number of carbonyl (C=O) groups is 2. The van der Waals surface area contributed by atoms with E-state index in [4.69, 9.17) is 14.2 Å². The minimum Gasteiger partial charge on any atom is -0.462 e. The van der Waals surface area contributed by atoms with E-state index in [1.165, 1.54) is 7.11 Å². The Morgan fingerprint density at radius 2 is 1.41 bits per heavy atom. The van der Waals surface area contributed by atoms with E-state index in [9.17, 15) is 9.59 Å². The van der Waals surface area contributed by atoms with E-state index in [0.29, 0.717) is 30.3 Å². The third-order valence-electron chi connectivity index (χ3n) is 3.04. The second kappa shape index (κ2) is 9.95. The van der Waals surface area contributed by atoms with Crippen LogP contribution in [0.25, 0.3) is 0 Å². The largest absolute Gasteiger partial charge is 0.462 e. The number of benzene rings is 1. The normalized spacial score (nSPS) is 10.5. The van der Waals surface area contributed by atoms with Gasteiger partial charge in [-0.2, -0.15) is 0 Å². The molecule has 0 bridgehead atoms. The molecule has 5 heteroatoms. The lowest BCUT2D eigenvalue weighted by Gasteiger charge is -2.07. The molecule has 1 rings (SSSR count). The number of carbonyl (C=O) groups excluding carboxylic acids is 2. The van der Waals surface area contributed by atoms with E-state index in [1.54, 1.807) is 24.3 Å². The van der Waals surface area contributed by atoms with Gasteiger partial charge in [-0.25, -0.2) is 9.59 Å². The minimum atomic E-state index is -0.436. The second-order valence-corrected chi connectivity index (χ2v) is 5.38. The first kappa shape index (κ1) is 18.2. The summed E-state index contributed by atoms with van der Waals surface area (Å²) in [5, 5.41) is 0. The van der Waals surface area contributed by atoms with Crippen molar-refractivity contribution in [2.75, 3.05) is 26.9 Å². The molecule has 0 saturated carbocycles. The molecule has 0 amide bonds. The van der Waals surface area contributed by atoms with E-state index < -0.39 is 5.97 Å². The molecule has 0 aliphatic carbocycles. The molecule has 0 aromatic heterocycles. The zero-order valence-corrected chi connectivity index (χ0v) is 13.5. The number of ether oxygens (including phenoxy) is 3. The quantitative estimate of drug-likeness (QED) is 0.518. The summed E-state index contributed by atoms with van der Waals surface area (Å²) in [6.07, 6.45) is 1.88. The first-order valence-corrected chi connectivity index (χ1v) is 7.48. The van der Waals surface area contributed by atoms with Crippen LogP contribution in [-0.4, -0.2) is 38.9 Å². The van der Waals surface area contributed by atoms with Gasteiger partial charge in [0.05, 0.1) is 24.3 Å². The van der Waals surface area contributed by atoms with E-state index in [-0.39, 0.29) is 12.6 Å². The molecule has 0 heterocycles. The van der Waals surface area contributed by atoms with Gasteiger partial charge in [0.15, 0.2) is 0 Å². The molecular weight excluding hydrogens is 284 g/mol. The van der Waals surface area contributed by atoms with Crippen molar-refractivity contribution in [1.82, 2.24) is 0 Å². The molecule has 5 nitrogen and oxygen atoms in total. The van der Waals surface area contributed by atoms with Gasteiger partial charge in [-0.3, -0.25) is 0 Å². The number of hydrogen-bond donors (Lipinski definition) is 0. The predicted molar refractivity (Wildman–Crippen MR) is 83.0 cm³/mol. The molecular formula is C17H24O5. The van der Waals surface area contributed by atoms with Crippen LogP contribution in [-0.2, 0) is 14.2 Å². The SMILES string of the molecule is COCCOC(=O)c1ccc(C(=O)OCCCC(C)C)cc1. The van der Waals surface area contributed by atoms with Crippen LogP contribution >= 0.6 is 0 Å². The Labute approximate surface area is 131 Å². The molecule has 0 unspecified atom stereocenters. The Balaban J connectivity index is 2.43. The summed E-state index contributed by atoms with van der Waals surface area (Å²) >= 11 is 0. The maximum Gasteiger partial charge on any atom is 0.338 e. The van der Waals surface area contributed by atoms with Crippen molar-refractivity contribution in [3.05, 3.63) is 35.4 Å². The first-order valence-electron chi connectivity index (χ1n) is 7.48. The molecule has 1 aromatic rings. The zero-order valence-electron chi connectivity index (χ0n) is 13.5. The summed E-state index contributed by atoms with van der Waals surface area (Å²) in [6, 6.07) is 6.25. The highest BCUT2D eigenvalue weighted by molar-refractivity contribution is 5.93. The van der Waals surface area contributed by atoms with Crippen molar-refractivity contribution < 1.29 is 23.8 Å². The lowest BCUT2D eigenvalue weighted by atomic mass is 10.1. The average molecular weight is 308 g/mol. The van der Waals surface area contributed by atoms with E-state index in [2.05, 4.69) is 13.8 Å². The van der Waals surface area contributed by atoms with Crippen LogP contribution in [0.5, 0.6) is 0 Å². The van der Waals surface area contributed by atoms with E-state index >= 15 is 0 Å². The monoisotopic (exact) mass is 308 g/mol. The van der Waals surface area contributed by atoms with Gasteiger partial charge in [0.1, 0.15) is 6.61 Å². The van der Waals surface area contributed by atoms with Crippen LogP contribution in [0.4, 0.5) is 0 Å². The summed E-state index contributed by atoms with van der Waals surface area (Å²) in [5.41, 5.74) is 0.824. The maximum absolute atomic E-state index is 11.8. The Morgan fingerprint density at radius 3 is 1.86 bits per heavy atom. The van der Waals surface area contributed by atoms with Gasteiger partial charge < -0.3 is 14.2 Å². The summed E-state index contributed by atoms with van der Waals surface area (Å²) in [5.74, 6) is -0.209. The number of methoxy groups -OCH3 is 1. The topological polar surface area (TPSA) is 61.8 Å². The Morgan fingerprint density at radius 1 is 0.909 bits per heavy atom. The number of rotatable bonds is 9. The van der Waals surface area contributed by atoms with Crippen LogP contribution in [0, 0.1) is 5.92 Å². The van der Waals surface area contributed by atoms with Crippen molar-refractivity contribution in [2.24, 2.45) is 5.92 Å². The predicted octanol–water partition coefficient (Wildman–Crippen LogP) is 3.08. The highest BCUT2D eigenvalue weighted by atomic mass is 16.6. The average Bonchev–Trinajstić information content (AvgIpc) is 2.51. The smallest absolute Gasteiger partial charge is 0.338 e. The fraction of sp³-hybridized carbons (Fsp3) is 0.529. The molecule has 0 N–H and O–H groups in total. The molecule has 1 aromatic carbocycles. The molecule has 0 aliphatic rings. The van der Waals surface area contributed by atoms with Crippen molar-refractivity contribution in [1.29, 1.82) is 0 Å². The molecule has 0 fully saturated rings. The van der Waals surface area contributed by atoms with Crippen LogP contribution in [0.1, 0.15) is 47.4 Å². The van der Waals surface area contributed by atoms with E-state index in [0.717, 1.165) is 12.8 Å². The minimum absolute atomic E-state index is 0.203. The highest BCUT2D eigenvalue weighted by Crippen LogP contribution is 2.09. The van der Waals surface area contributed by atoms with Crippen LogP contribution < -0.4 is 0 Å². The highest BCUT2D eigenvalue weighted by Gasteiger charge is 2.10. The van der Waals surface area contributed by atoms with Crippen molar-refractivity contribution in [3.63, 3.8) is 0 Å². The van der Waals surface area contributed by atoms with Crippen LogP contribution in [0.2, 0.25) is 0 Å². The summed E-state index contributed by atoms with van der Waals surface area (Å²) in [4.78, 5) is 23.5. The Kier molecular flexibility index (Phi) is 8.22. The molecule has 0 saturated heterocycles. The van der Waals surface area contributed by atoms with Crippen molar-refractivity contribution >= 4 is 11.9 Å². The van der Waals surface area contributed by atoms with Crippen LogP contribution in [0.3, 0.4) is 0 Å². The van der Waals surface area contributed by atoms with Gasteiger partial charge in [0.2, 0.25) is 0 Å². The fourth-order valence-corrected chi connectivity index (χ4v) is 1.78. The molecule has 122 valence electrons. The molecule has 0 atom stereocenters. The van der Waals surface area contributed by atoms with Gasteiger partial charge in [0, 0.05) is 7.11 Å². The standard InChI is InChI=1S/C17H24O5/c1-13(2)5-4-10-21-16(18)14-6-8-15(9-7-14)17(19)22-12-11-20-3/h6-9,13H,4-5,10-12H2,1-3H3. The van der Waals surface area contributed by atoms with E-state index in [1.807, 2.05) is 0 Å². The summed E-state index contributed by atoms with van der Waals surface area (Å²) in [6.45, 7) is 5.23. The summed E-state index contributed by atoms with van der Waals surface area (Å²) < 4.78 is 15.0. The maximum atomic E-state index is 11.8. The lowest BCUT2D eigenvalue weighted by Crippen LogP contribution is -2.11. The van der Waals surface area contributed by atoms with Gasteiger partial charge in [-0.15, -0.1) is 0 Å². The Bertz CT molecular complexity index is 464. The molecule has 22 heavy (non-hydrogen) atoms. The van der Waals surface area contributed by atoms with Gasteiger partial charge in [0.25, 0.3) is 0 Å². The number of hydrogen-bond acceptors (Lipinski definition) is 5. The van der Waals surface area contributed by atoms with Crippen molar-refractivity contribution in [2.45, 2.75) is 26.7 Å². The summed E-state index contributed by atoms with van der Waals surface area (Å²) in [7, 11) is 1.54. The van der Waals surface area contributed by atoms with Gasteiger partial charge >= 0.3 is 11.9 Å². The third kappa shape index (κ3) is 6.72. The molecule has 0 aliphatic heterocycles. The zero-order chi connectivity index (χ0) is 16.4.